The topological polar surface area (TPSA) is 39.2 Å². The molecule has 0 aliphatic rings. The molecule has 2 aromatic carbocycles. The summed E-state index contributed by atoms with van der Waals surface area (Å²) < 4.78 is 4.68. The van der Waals surface area contributed by atoms with E-state index in [4.69, 9.17) is 0 Å². The number of benzene rings is 2. The number of esters is 1. The molecule has 0 saturated carbocycles. The molecule has 0 aliphatic carbocycles. The lowest BCUT2D eigenvalue weighted by molar-refractivity contribution is 0.0600. The number of pyridine rings is 1. The van der Waals surface area contributed by atoms with Gasteiger partial charge in [0.25, 0.3) is 0 Å². The van der Waals surface area contributed by atoms with Gasteiger partial charge in [-0.15, -0.1) is 0 Å². The molecule has 0 radical (unpaired) electrons. The maximum Gasteiger partial charge on any atom is 0.337 e. The Bertz CT molecular complexity index is 978. The summed E-state index contributed by atoms with van der Waals surface area (Å²) in [6.07, 6.45) is 7.42. The number of carbonyl (C=O) groups excluding carboxylic acids is 1. The van der Waals surface area contributed by atoms with E-state index in [0.29, 0.717) is 5.56 Å². The smallest absolute Gasteiger partial charge is 0.337 e. The highest BCUT2D eigenvalue weighted by Crippen LogP contribution is 2.23. The molecule has 0 spiro atoms. The van der Waals surface area contributed by atoms with E-state index in [9.17, 15) is 4.79 Å². The van der Waals surface area contributed by atoms with Gasteiger partial charge in [0.15, 0.2) is 0 Å². The van der Waals surface area contributed by atoms with Crippen LogP contribution in [0.15, 0.2) is 79.1 Å². The van der Waals surface area contributed by atoms with Gasteiger partial charge in [0, 0.05) is 23.5 Å². The van der Waals surface area contributed by atoms with Crippen molar-refractivity contribution in [1.82, 2.24) is 4.98 Å². The molecule has 0 atom stereocenters. The number of carbonyl (C=O) groups is 1. The van der Waals surface area contributed by atoms with Crippen LogP contribution in [0, 0.1) is 11.8 Å². The SMILES string of the molecule is COC(=O)c1ccc(C#C/C=C/c2ccccc2-c2cccnc2)cc1. The van der Waals surface area contributed by atoms with Crippen molar-refractivity contribution in [3.05, 3.63) is 95.8 Å². The molecule has 3 aromatic rings. The molecule has 3 rings (SSSR count). The molecule has 0 fully saturated rings. The van der Waals surface area contributed by atoms with E-state index in [1.54, 1.807) is 30.5 Å². The van der Waals surface area contributed by atoms with Crippen LogP contribution in [-0.4, -0.2) is 18.1 Å². The van der Waals surface area contributed by atoms with Crippen molar-refractivity contribution in [1.29, 1.82) is 0 Å². The lowest BCUT2D eigenvalue weighted by Gasteiger charge is -2.04. The highest BCUT2D eigenvalue weighted by molar-refractivity contribution is 5.89. The average molecular weight is 339 g/mol. The zero-order chi connectivity index (χ0) is 18.2. The van der Waals surface area contributed by atoms with Crippen molar-refractivity contribution in [2.75, 3.05) is 7.11 Å². The summed E-state index contributed by atoms with van der Waals surface area (Å²) in [6, 6.07) is 19.1. The van der Waals surface area contributed by atoms with Gasteiger partial charge >= 0.3 is 5.97 Å². The molecule has 0 N–H and O–H groups in total. The first-order chi connectivity index (χ1) is 12.8. The fourth-order valence-electron chi connectivity index (χ4n) is 2.49. The highest BCUT2D eigenvalue weighted by atomic mass is 16.5. The van der Waals surface area contributed by atoms with Crippen molar-refractivity contribution in [2.24, 2.45) is 0 Å². The summed E-state index contributed by atoms with van der Waals surface area (Å²) in [5, 5.41) is 0. The number of ether oxygens (including phenoxy) is 1. The number of methoxy groups -OCH3 is 1. The summed E-state index contributed by atoms with van der Waals surface area (Å²) in [5.74, 6) is 5.74. The van der Waals surface area contributed by atoms with Crippen LogP contribution in [0.25, 0.3) is 17.2 Å². The van der Waals surface area contributed by atoms with Crippen LogP contribution in [0.1, 0.15) is 21.5 Å². The van der Waals surface area contributed by atoms with E-state index in [2.05, 4.69) is 27.6 Å². The van der Waals surface area contributed by atoms with Crippen molar-refractivity contribution in [3.63, 3.8) is 0 Å². The van der Waals surface area contributed by atoms with Crippen LogP contribution in [-0.2, 0) is 4.74 Å². The first-order valence-corrected chi connectivity index (χ1v) is 8.14. The summed E-state index contributed by atoms with van der Waals surface area (Å²) in [4.78, 5) is 15.6. The van der Waals surface area contributed by atoms with Crippen molar-refractivity contribution in [2.45, 2.75) is 0 Å². The number of hydrogen-bond donors (Lipinski definition) is 0. The standard InChI is InChI=1S/C23H17NO2/c1-26-23(25)20-14-12-18(13-15-20)7-2-3-8-19-9-4-5-11-22(19)21-10-6-16-24-17-21/h3-6,8-17H,1H3/b8-3+. The van der Waals surface area contributed by atoms with Crippen molar-refractivity contribution < 1.29 is 9.53 Å². The Morgan fingerprint density at radius 2 is 1.85 bits per heavy atom. The predicted molar refractivity (Wildman–Crippen MR) is 103 cm³/mol. The van der Waals surface area contributed by atoms with Crippen molar-refractivity contribution in [3.8, 4) is 23.0 Å². The highest BCUT2D eigenvalue weighted by Gasteiger charge is 2.03. The molecular formula is C23H17NO2. The first-order valence-electron chi connectivity index (χ1n) is 8.14. The van der Waals surface area contributed by atoms with Crippen LogP contribution in [0.4, 0.5) is 0 Å². The fourth-order valence-corrected chi connectivity index (χ4v) is 2.49. The normalized spacial score (nSPS) is 10.2. The van der Waals surface area contributed by atoms with Crippen LogP contribution in [0.2, 0.25) is 0 Å². The Balaban J connectivity index is 1.76. The second-order valence-corrected chi connectivity index (χ2v) is 5.50. The number of rotatable bonds is 3. The van der Waals surface area contributed by atoms with Gasteiger partial charge in [-0.25, -0.2) is 4.79 Å². The quantitative estimate of drug-likeness (QED) is 0.517. The van der Waals surface area contributed by atoms with Gasteiger partial charge in [-0.2, -0.15) is 0 Å². The van der Waals surface area contributed by atoms with Crippen LogP contribution in [0.5, 0.6) is 0 Å². The van der Waals surface area contributed by atoms with E-state index < -0.39 is 0 Å². The molecule has 1 aromatic heterocycles. The minimum absolute atomic E-state index is 0.351. The van der Waals surface area contributed by atoms with Gasteiger partial charge in [0.1, 0.15) is 0 Å². The fraction of sp³-hybridized carbons (Fsp3) is 0.0435. The third-order valence-electron chi connectivity index (χ3n) is 3.80. The Hall–Kier alpha value is -3.64. The minimum atomic E-state index is -0.351. The van der Waals surface area contributed by atoms with E-state index in [-0.39, 0.29) is 5.97 Å². The Morgan fingerprint density at radius 3 is 2.58 bits per heavy atom. The zero-order valence-corrected chi connectivity index (χ0v) is 14.3. The molecule has 26 heavy (non-hydrogen) atoms. The molecule has 0 unspecified atom stereocenters. The second-order valence-electron chi connectivity index (χ2n) is 5.50. The molecule has 0 amide bonds. The Labute approximate surface area is 153 Å². The van der Waals surface area contributed by atoms with Crippen molar-refractivity contribution >= 4 is 12.0 Å². The number of allylic oxidation sites excluding steroid dienone is 1. The van der Waals surface area contributed by atoms with Gasteiger partial charge in [-0.3, -0.25) is 4.98 Å². The van der Waals surface area contributed by atoms with E-state index in [0.717, 1.165) is 22.3 Å². The lowest BCUT2D eigenvalue weighted by Crippen LogP contribution is -2.00. The maximum absolute atomic E-state index is 11.4. The largest absolute Gasteiger partial charge is 0.465 e. The summed E-state index contributed by atoms with van der Waals surface area (Å²) in [7, 11) is 1.37. The molecule has 0 aliphatic heterocycles. The van der Waals surface area contributed by atoms with Gasteiger partial charge < -0.3 is 4.74 Å². The van der Waals surface area contributed by atoms with E-state index >= 15 is 0 Å². The summed E-state index contributed by atoms with van der Waals surface area (Å²) in [6.45, 7) is 0. The third-order valence-corrected chi connectivity index (χ3v) is 3.80. The predicted octanol–water partition coefficient (Wildman–Crippen LogP) is 4.60. The Kier molecular flexibility index (Phi) is 5.59. The molecule has 0 saturated heterocycles. The average Bonchev–Trinajstić information content (AvgIpc) is 2.72. The molecule has 1 heterocycles. The first kappa shape index (κ1) is 17.2. The third kappa shape index (κ3) is 4.25. The summed E-state index contributed by atoms with van der Waals surface area (Å²) in [5.41, 5.74) is 4.61. The zero-order valence-electron chi connectivity index (χ0n) is 14.3. The van der Waals surface area contributed by atoms with Gasteiger partial charge in [-0.1, -0.05) is 42.2 Å². The van der Waals surface area contributed by atoms with Gasteiger partial charge in [0.2, 0.25) is 0 Å². The lowest BCUT2D eigenvalue weighted by atomic mass is 10.0. The van der Waals surface area contributed by atoms with E-state index in [1.807, 2.05) is 48.7 Å². The monoisotopic (exact) mass is 339 g/mol. The molecule has 126 valence electrons. The van der Waals surface area contributed by atoms with Crippen LogP contribution < -0.4 is 0 Å². The molecule has 3 heteroatoms. The molecule has 3 nitrogen and oxygen atoms in total. The minimum Gasteiger partial charge on any atom is -0.465 e. The molecule has 0 bridgehead atoms. The van der Waals surface area contributed by atoms with Crippen LogP contribution >= 0.6 is 0 Å². The Morgan fingerprint density at radius 1 is 1.04 bits per heavy atom. The number of hydrogen-bond acceptors (Lipinski definition) is 3. The number of aromatic nitrogens is 1. The van der Waals surface area contributed by atoms with E-state index in [1.165, 1.54) is 7.11 Å². The summed E-state index contributed by atoms with van der Waals surface area (Å²) >= 11 is 0. The second kappa shape index (κ2) is 8.46. The van der Waals surface area contributed by atoms with Crippen LogP contribution in [0.3, 0.4) is 0 Å². The molecular weight excluding hydrogens is 322 g/mol. The van der Waals surface area contributed by atoms with Gasteiger partial charge in [-0.05, 0) is 53.6 Å². The maximum atomic E-state index is 11.4. The van der Waals surface area contributed by atoms with Gasteiger partial charge in [0.05, 0.1) is 12.7 Å². The number of nitrogens with zero attached hydrogens (tertiary/aromatic N) is 1.